The van der Waals surface area contributed by atoms with Crippen LogP contribution >= 0.6 is 11.3 Å². The average molecular weight is 416 g/mol. The van der Waals surface area contributed by atoms with Crippen molar-refractivity contribution in [2.45, 2.75) is 51.7 Å². The summed E-state index contributed by atoms with van der Waals surface area (Å²) in [6.45, 7) is 7.98. The largest absolute Gasteiger partial charge is 0.494 e. The normalized spacial score (nSPS) is 27.7. The number of nitrogens with one attached hydrogen (secondary N) is 1. The fraction of sp³-hybridized carbons (Fsp3) is 0.476. The lowest BCUT2D eigenvalue weighted by Crippen LogP contribution is -2.32. The van der Waals surface area contributed by atoms with Crippen molar-refractivity contribution in [2.24, 2.45) is 5.41 Å². The summed E-state index contributed by atoms with van der Waals surface area (Å²) in [4.78, 5) is 29.8. The van der Waals surface area contributed by atoms with Gasteiger partial charge in [0.25, 0.3) is 0 Å². The van der Waals surface area contributed by atoms with Crippen molar-refractivity contribution in [3.8, 4) is 5.75 Å². The van der Waals surface area contributed by atoms with Gasteiger partial charge in [-0.15, -0.1) is 11.3 Å². The molecule has 1 aromatic heterocycles. The van der Waals surface area contributed by atoms with Gasteiger partial charge in [-0.3, -0.25) is 9.59 Å². The van der Waals surface area contributed by atoms with Crippen molar-refractivity contribution in [2.75, 3.05) is 11.9 Å². The van der Waals surface area contributed by atoms with Crippen LogP contribution < -0.4 is 10.1 Å². The number of carbonyl (C=O) groups is 2. The molecule has 0 amide bonds. The van der Waals surface area contributed by atoms with E-state index in [1.54, 1.807) is 6.92 Å². The molecule has 2 fully saturated rings. The molecule has 154 valence electrons. The van der Waals surface area contributed by atoms with Crippen LogP contribution in [0.4, 0.5) is 10.8 Å². The zero-order valence-corrected chi connectivity index (χ0v) is 17.7. The zero-order valence-electron chi connectivity index (χ0n) is 16.9. The predicted molar refractivity (Wildman–Crippen MR) is 108 cm³/mol. The molecular formula is C21H24N2O5S. The first-order valence-corrected chi connectivity index (χ1v) is 10.5. The molecule has 3 heterocycles. The second kappa shape index (κ2) is 6.73. The van der Waals surface area contributed by atoms with Gasteiger partial charge in [0.1, 0.15) is 11.4 Å². The lowest BCUT2D eigenvalue weighted by Gasteiger charge is -2.20. The number of aromatic nitrogens is 1. The Bertz CT molecular complexity index is 954. The van der Waals surface area contributed by atoms with E-state index in [1.165, 1.54) is 11.3 Å². The van der Waals surface area contributed by atoms with Crippen molar-refractivity contribution in [1.29, 1.82) is 0 Å². The Kier molecular flexibility index (Phi) is 4.57. The molecular weight excluding hydrogens is 392 g/mol. The minimum absolute atomic E-state index is 0.229. The lowest BCUT2D eigenvalue weighted by atomic mass is 9.75. The molecule has 2 aliphatic rings. The fourth-order valence-electron chi connectivity index (χ4n) is 4.10. The van der Waals surface area contributed by atoms with Gasteiger partial charge in [-0.1, -0.05) is 0 Å². The third-order valence-electron chi connectivity index (χ3n) is 5.30. The molecule has 29 heavy (non-hydrogen) atoms. The van der Waals surface area contributed by atoms with Gasteiger partial charge in [0.15, 0.2) is 16.1 Å². The number of rotatable bonds is 5. The molecule has 2 atom stereocenters. The van der Waals surface area contributed by atoms with Crippen LogP contribution in [0.25, 0.3) is 0 Å². The molecule has 1 aromatic carbocycles. The molecule has 0 unspecified atom stereocenters. The minimum atomic E-state index is -1.25. The molecule has 1 spiro atoms. The van der Waals surface area contributed by atoms with Crippen LogP contribution in [0.1, 0.15) is 46.2 Å². The van der Waals surface area contributed by atoms with Crippen LogP contribution in [0.5, 0.6) is 5.75 Å². The zero-order chi connectivity index (χ0) is 20.9. The van der Waals surface area contributed by atoms with Crippen molar-refractivity contribution in [3.05, 3.63) is 35.3 Å². The Morgan fingerprint density at radius 2 is 1.79 bits per heavy atom. The summed E-state index contributed by atoms with van der Waals surface area (Å²) in [5.74, 6) is -0.219. The van der Waals surface area contributed by atoms with Crippen LogP contribution in [-0.4, -0.2) is 29.1 Å². The number of hydrogen-bond donors (Lipinski definition) is 1. The van der Waals surface area contributed by atoms with Crippen LogP contribution in [-0.2, 0) is 24.7 Å². The van der Waals surface area contributed by atoms with E-state index in [1.807, 2.05) is 50.4 Å². The van der Waals surface area contributed by atoms with Gasteiger partial charge in [-0.25, -0.2) is 4.98 Å². The van der Waals surface area contributed by atoms with Gasteiger partial charge in [-0.2, -0.15) is 0 Å². The monoisotopic (exact) mass is 416 g/mol. The topological polar surface area (TPSA) is 86.8 Å². The number of esters is 2. The number of thiazole rings is 1. The molecule has 0 bridgehead atoms. The number of anilines is 2. The van der Waals surface area contributed by atoms with Gasteiger partial charge in [0, 0.05) is 23.9 Å². The number of hydrogen-bond acceptors (Lipinski definition) is 8. The highest BCUT2D eigenvalue weighted by atomic mass is 32.1. The van der Waals surface area contributed by atoms with E-state index in [0.29, 0.717) is 23.9 Å². The lowest BCUT2D eigenvalue weighted by molar-refractivity contribution is -0.161. The van der Waals surface area contributed by atoms with Crippen LogP contribution in [0, 0.1) is 5.41 Å². The number of ether oxygens (including phenoxy) is 3. The van der Waals surface area contributed by atoms with Crippen molar-refractivity contribution < 1.29 is 23.8 Å². The molecule has 2 aromatic rings. The Hall–Kier alpha value is -2.61. The highest BCUT2D eigenvalue weighted by Crippen LogP contribution is 2.54. The molecule has 1 N–H and O–H groups in total. The molecule has 7 nitrogen and oxygen atoms in total. The van der Waals surface area contributed by atoms with Crippen LogP contribution in [0.2, 0.25) is 0 Å². The van der Waals surface area contributed by atoms with Gasteiger partial charge in [0.2, 0.25) is 0 Å². The Balaban J connectivity index is 1.52. The van der Waals surface area contributed by atoms with E-state index < -0.39 is 28.6 Å². The molecule has 4 rings (SSSR count). The summed E-state index contributed by atoms with van der Waals surface area (Å²) >= 11 is 1.42. The van der Waals surface area contributed by atoms with E-state index in [0.717, 1.165) is 11.4 Å². The summed E-state index contributed by atoms with van der Waals surface area (Å²) in [6, 6.07) is 7.60. The Morgan fingerprint density at radius 1 is 1.10 bits per heavy atom. The van der Waals surface area contributed by atoms with Gasteiger partial charge in [-0.05, 0) is 52.0 Å². The third-order valence-corrected chi connectivity index (χ3v) is 6.06. The first kappa shape index (κ1) is 19.7. The number of benzene rings is 1. The number of cyclic esters (lactones) is 2. The minimum Gasteiger partial charge on any atom is -0.494 e. The third kappa shape index (κ3) is 3.46. The summed E-state index contributed by atoms with van der Waals surface area (Å²) < 4.78 is 16.6. The number of nitrogens with zero attached hydrogens (tertiary/aromatic N) is 1. The smallest absolute Gasteiger partial charge is 0.324 e. The Labute approximate surface area is 173 Å². The van der Waals surface area contributed by atoms with Crippen molar-refractivity contribution in [1.82, 2.24) is 4.98 Å². The van der Waals surface area contributed by atoms with Crippen LogP contribution in [0.15, 0.2) is 29.6 Å². The van der Waals surface area contributed by atoms with E-state index in [-0.39, 0.29) is 6.42 Å². The standard InChI is InChI=1S/C21H24N2O5S/c1-5-26-14-8-6-13(7-9-14)22-18-23-15(10-29-18)20(4)12-21(17(25)28-20)11-19(2,3)27-16(21)24/h6-10H,5,11-12H2,1-4H3,(H,22,23)/t20-,21+/m1/s1. The molecule has 0 saturated carbocycles. The summed E-state index contributed by atoms with van der Waals surface area (Å²) in [7, 11) is 0. The molecule has 2 saturated heterocycles. The first-order chi connectivity index (χ1) is 13.7. The van der Waals surface area contributed by atoms with E-state index in [9.17, 15) is 9.59 Å². The van der Waals surface area contributed by atoms with Gasteiger partial charge < -0.3 is 19.5 Å². The second-order valence-electron chi connectivity index (χ2n) is 8.33. The maximum Gasteiger partial charge on any atom is 0.324 e. The maximum absolute atomic E-state index is 12.7. The highest BCUT2D eigenvalue weighted by molar-refractivity contribution is 7.13. The van der Waals surface area contributed by atoms with Crippen molar-refractivity contribution in [3.63, 3.8) is 0 Å². The molecule has 0 radical (unpaired) electrons. The molecule has 8 heteroatoms. The fourth-order valence-corrected chi connectivity index (χ4v) is 4.95. The second-order valence-corrected chi connectivity index (χ2v) is 9.18. The first-order valence-electron chi connectivity index (χ1n) is 9.59. The summed E-state index contributed by atoms with van der Waals surface area (Å²) in [5.41, 5.74) is -1.39. The Morgan fingerprint density at radius 3 is 2.41 bits per heavy atom. The maximum atomic E-state index is 12.7. The van der Waals surface area contributed by atoms with E-state index in [2.05, 4.69) is 10.3 Å². The SMILES string of the molecule is CCOc1ccc(Nc2nc([C@@]3(C)C[C@]4(CC(C)(C)OC4=O)C(=O)O3)cs2)cc1. The average Bonchev–Trinajstić information content (AvgIpc) is 3.27. The van der Waals surface area contributed by atoms with E-state index in [4.69, 9.17) is 14.2 Å². The summed E-state index contributed by atoms with van der Waals surface area (Å²) in [6.07, 6.45) is 0.544. The summed E-state index contributed by atoms with van der Waals surface area (Å²) in [5, 5.41) is 5.78. The highest BCUT2D eigenvalue weighted by Gasteiger charge is 2.67. The van der Waals surface area contributed by atoms with E-state index >= 15 is 0 Å². The molecule has 2 aliphatic heterocycles. The predicted octanol–water partition coefficient (Wildman–Crippen LogP) is 4.16. The van der Waals surface area contributed by atoms with Crippen molar-refractivity contribution >= 4 is 34.1 Å². The molecule has 0 aliphatic carbocycles. The van der Waals surface area contributed by atoms with Crippen LogP contribution in [0.3, 0.4) is 0 Å². The van der Waals surface area contributed by atoms with Gasteiger partial charge >= 0.3 is 11.9 Å². The quantitative estimate of drug-likeness (QED) is 0.578. The van der Waals surface area contributed by atoms with Gasteiger partial charge in [0.05, 0.1) is 12.3 Å². The number of carbonyl (C=O) groups excluding carboxylic acids is 2.